The molecule has 110 valence electrons. The third-order valence-corrected chi connectivity index (χ3v) is 4.20. The maximum atomic E-state index is 12.1. The lowest BCUT2D eigenvalue weighted by Gasteiger charge is -2.28. The van der Waals surface area contributed by atoms with Gasteiger partial charge in [0.25, 0.3) is 0 Å². The first-order valence-electron chi connectivity index (χ1n) is 7.77. The van der Waals surface area contributed by atoms with Crippen molar-refractivity contribution in [2.45, 2.75) is 45.1 Å². The molecule has 1 aliphatic rings. The number of hydrogen-bond donors (Lipinski definition) is 1. The molecule has 0 radical (unpaired) electrons. The van der Waals surface area contributed by atoms with Gasteiger partial charge < -0.3 is 10.2 Å². The van der Waals surface area contributed by atoms with Crippen molar-refractivity contribution in [3.05, 3.63) is 35.9 Å². The van der Waals surface area contributed by atoms with Crippen molar-refractivity contribution in [2.24, 2.45) is 0 Å². The minimum atomic E-state index is 0.328. The average molecular weight is 274 g/mol. The quantitative estimate of drug-likeness (QED) is 0.775. The fourth-order valence-corrected chi connectivity index (χ4v) is 2.97. The summed E-state index contributed by atoms with van der Waals surface area (Å²) in [5, 5.41) is 3.36. The summed E-state index contributed by atoms with van der Waals surface area (Å²) in [5.41, 5.74) is 1.32. The highest BCUT2D eigenvalue weighted by Crippen LogP contribution is 2.25. The van der Waals surface area contributed by atoms with Crippen LogP contribution in [-0.2, 0) is 4.79 Å². The van der Waals surface area contributed by atoms with E-state index in [-0.39, 0.29) is 0 Å². The zero-order valence-corrected chi connectivity index (χ0v) is 12.6. The zero-order chi connectivity index (χ0) is 14.4. The van der Waals surface area contributed by atoms with E-state index in [4.69, 9.17) is 0 Å². The molecule has 1 aromatic rings. The Morgan fingerprint density at radius 2 is 2.10 bits per heavy atom. The van der Waals surface area contributed by atoms with Crippen molar-refractivity contribution in [2.75, 3.05) is 19.6 Å². The van der Waals surface area contributed by atoms with Crippen LogP contribution < -0.4 is 5.32 Å². The van der Waals surface area contributed by atoms with Gasteiger partial charge in [0.2, 0.25) is 5.91 Å². The molecule has 3 nitrogen and oxygen atoms in total. The standard InChI is InChI=1S/C17H26N2O/c1-3-18-12-11-16-9-10-17(20)19(16)13-14(2)15-7-5-4-6-8-15/h4-8,14,16,18H,3,9-13H2,1-2H3/t14-,16+/m1/s1. The monoisotopic (exact) mass is 274 g/mol. The minimum Gasteiger partial charge on any atom is -0.339 e. The largest absolute Gasteiger partial charge is 0.339 e. The second kappa shape index (κ2) is 7.44. The topological polar surface area (TPSA) is 32.3 Å². The van der Waals surface area contributed by atoms with E-state index in [1.165, 1.54) is 5.56 Å². The summed E-state index contributed by atoms with van der Waals surface area (Å²) < 4.78 is 0. The summed E-state index contributed by atoms with van der Waals surface area (Å²) in [7, 11) is 0. The van der Waals surface area contributed by atoms with Crippen LogP contribution in [0.3, 0.4) is 0 Å². The maximum Gasteiger partial charge on any atom is 0.222 e. The van der Waals surface area contributed by atoms with Gasteiger partial charge in [0.05, 0.1) is 0 Å². The van der Waals surface area contributed by atoms with E-state index < -0.39 is 0 Å². The Kier molecular flexibility index (Phi) is 5.60. The molecule has 1 saturated heterocycles. The van der Waals surface area contributed by atoms with Crippen LogP contribution in [0.2, 0.25) is 0 Å². The number of carbonyl (C=O) groups excluding carboxylic acids is 1. The molecule has 1 aromatic carbocycles. The van der Waals surface area contributed by atoms with Crippen molar-refractivity contribution in [3.8, 4) is 0 Å². The lowest BCUT2D eigenvalue weighted by molar-refractivity contribution is -0.129. The molecule has 1 heterocycles. The van der Waals surface area contributed by atoms with E-state index in [0.29, 0.717) is 17.9 Å². The Balaban J connectivity index is 1.93. The van der Waals surface area contributed by atoms with E-state index >= 15 is 0 Å². The molecule has 20 heavy (non-hydrogen) atoms. The van der Waals surface area contributed by atoms with E-state index in [0.717, 1.165) is 38.9 Å². The predicted octanol–water partition coefficient (Wildman–Crippen LogP) is 2.78. The molecule has 1 amide bonds. The Labute approximate surface area is 122 Å². The summed E-state index contributed by atoms with van der Waals surface area (Å²) in [5.74, 6) is 0.731. The van der Waals surface area contributed by atoms with Crippen LogP contribution in [-0.4, -0.2) is 36.5 Å². The number of benzene rings is 1. The lowest BCUT2D eigenvalue weighted by atomic mass is 10.00. The zero-order valence-electron chi connectivity index (χ0n) is 12.6. The second-order valence-corrected chi connectivity index (χ2v) is 5.69. The van der Waals surface area contributed by atoms with Gasteiger partial charge in [-0.05, 0) is 37.4 Å². The number of nitrogens with one attached hydrogen (secondary N) is 1. The molecule has 0 spiro atoms. The van der Waals surface area contributed by atoms with Gasteiger partial charge >= 0.3 is 0 Å². The van der Waals surface area contributed by atoms with Crippen molar-refractivity contribution in [1.29, 1.82) is 0 Å². The molecule has 0 bridgehead atoms. The van der Waals surface area contributed by atoms with Crippen LogP contribution in [0.1, 0.15) is 44.6 Å². The molecule has 1 fully saturated rings. The molecular weight excluding hydrogens is 248 g/mol. The smallest absolute Gasteiger partial charge is 0.222 e. The molecule has 2 rings (SSSR count). The Bertz CT molecular complexity index is 418. The van der Waals surface area contributed by atoms with Crippen LogP contribution in [0, 0.1) is 0 Å². The predicted molar refractivity (Wildman–Crippen MR) is 82.8 cm³/mol. The average Bonchev–Trinajstić information content (AvgIpc) is 2.81. The van der Waals surface area contributed by atoms with Gasteiger partial charge in [0, 0.05) is 19.0 Å². The van der Waals surface area contributed by atoms with Gasteiger partial charge in [-0.3, -0.25) is 4.79 Å². The van der Waals surface area contributed by atoms with Crippen molar-refractivity contribution in [1.82, 2.24) is 10.2 Å². The summed E-state index contributed by atoms with van der Waals surface area (Å²) >= 11 is 0. The molecule has 0 saturated carbocycles. The molecule has 0 aliphatic carbocycles. The van der Waals surface area contributed by atoms with Crippen LogP contribution in [0.5, 0.6) is 0 Å². The van der Waals surface area contributed by atoms with Gasteiger partial charge in [0.1, 0.15) is 0 Å². The highest BCUT2D eigenvalue weighted by molar-refractivity contribution is 5.78. The first-order chi connectivity index (χ1) is 9.72. The SMILES string of the molecule is CCNCC[C@@H]1CCC(=O)N1C[C@@H](C)c1ccccc1. The minimum absolute atomic E-state index is 0.328. The first kappa shape index (κ1) is 15.0. The van der Waals surface area contributed by atoms with Gasteiger partial charge in [0.15, 0.2) is 0 Å². The van der Waals surface area contributed by atoms with Crippen molar-refractivity contribution >= 4 is 5.91 Å². The number of likely N-dealkylation sites (tertiary alicyclic amines) is 1. The Morgan fingerprint density at radius 1 is 1.35 bits per heavy atom. The van der Waals surface area contributed by atoms with Gasteiger partial charge in [-0.25, -0.2) is 0 Å². The van der Waals surface area contributed by atoms with Crippen LogP contribution in [0.4, 0.5) is 0 Å². The third-order valence-electron chi connectivity index (χ3n) is 4.20. The number of nitrogens with zero attached hydrogens (tertiary/aromatic N) is 1. The number of amides is 1. The molecule has 2 atom stereocenters. The summed E-state index contributed by atoms with van der Waals surface area (Å²) in [4.78, 5) is 14.2. The van der Waals surface area contributed by atoms with Gasteiger partial charge in [-0.2, -0.15) is 0 Å². The van der Waals surface area contributed by atoms with E-state index in [1.54, 1.807) is 0 Å². The van der Waals surface area contributed by atoms with Crippen LogP contribution in [0.25, 0.3) is 0 Å². The number of rotatable bonds is 7. The van der Waals surface area contributed by atoms with Gasteiger partial charge in [-0.15, -0.1) is 0 Å². The molecular formula is C17H26N2O. The number of carbonyl (C=O) groups is 1. The summed E-state index contributed by atoms with van der Waals surface area (Å²) in [6.07, 6.45) is 2.81. The summed E-state index contributed by atoms with van der Waals surface area (Å²) in [6.45, 7) is 7.18. The van der Waals surface area contributed by atoms with E-state index in [2.05, 4.69) is 48.3 Å². The molecule has 0 aromatic heterocycles. The first-order valence-corrected chi connectivity index (χ1v) is 7.77. The maximum absolute atomic E-state index is 12.1. The fourth-order valence-electron chi connectivity index (χ4n) is 2.97. The molecule has 1 N–H and O–H groups in total. The van der Waals surface area contributed by atoms with Crippen molar-refractivity contribution < 1.29 is 4.79 Å². The molecule has 3 heteroatoms. The highest BCUT2D eigenvalue weighted by atomic mass is 16.2. The summed E-state index contributed by atoms with van der Waals surface area (Å²) in [6, 6.07) is 10.9. The van der Waals surface area contributed by atoms with E-state index in [9.17, 15) is 4.79 Å². The number of hydrogen-bond acceptors (Lipinski definition) is 2. The Morgan fingerprint density at radius 3 is 2.80 bits per heavy atom. The van der Waals surface area contributed by atoms with Crippen molar-refractivity contribution in [3.63, 3.8) is 0 Å². The van der Waals surface area contributed by atoms with Crippen LogP contribution >= 0.6 is 0 Å². The molecule has 0 unspecified atom stereocenters. The molecule has 1 aliphatic heterocycles. The highest BCUT2D eigenvalue weighted by Gasteiger charge is 2.31. The fraction of sp³-hybridized carbons (Fsp3) is 0.588. The third kappa shape index (κ3) is 3.83. The van der Waals surface area contributed by atoms with E-state index in [1.807, 2.05) is 6.07 Å². The van der Waals surface area contributed by atoms with Crippen LogP contribution in [0.15, 0.2) is 30.3 Å². The van der Waals surface area contributed by atoms with Gasteiger partial charge in [-0.1, -0.05) is 44.2 Å². The second-order valence-electron chi connectivity index (χ2n) is 5.69. The normalized spacial score (nSPS) is 20.4. The Hall–Kier alpha value is -1.35. The lowest BCUT2D eigenvalue weighted by Crippen LogP contribution is -2.37.